The van der Waals surface area contributed by atoms with Crippen LogP contribution in [0.3, 0.4) is 0 Å². The highest BCUT2D eigenvalue weighted by Gasteiger charge is 2.27. The summed E-state index contributed by atoms with van der Waals surface area (Å²) in [5.74, 6) is -7.35. The number of nitrogens with one attached hydrogen (secondary N) is 8. The molecule has 0 radical (unpaired) electrons. The molecular weight excluding hydrogens is 1050 g/mol. The summed E-state index contributed by atoms with van der Waals surface area (Å²) < 4.78 is 0. The molecule has 25 nitrogen and oxygen atoms in total. The number of carbonyl (C=O) groups is 8. The molecule has 25 heteroatoms. The van der Waals surface area contributed by atoms with Gasteiger partial charge < -0.3 is 68.7 Å². The van der Waals surface area contributed by atoms with Crippen LogP contribution in [0.2, 0.25) is 0 Å². The van der Waals surface area contributed by atoms with E-state index in [1.807, 2.05) is 19.6 Å². The van der Waals surface area contributed by atoms with Crippen LogP contribution in [0.5, 0.6) is 23.0 Å². The van der Waals surface area contributed by atoms with Gasteiger partial charge in [-0.15, -0.1) is 0 Å². The van der Waals surface area contributed by atoms with Crippen molar-refractivity contribution in [2.24, 2.45) is 5.73 Å². The van der Waals surface area contributed by atoms with Crippen molar-refractivity contribution < 1.29 is 58.8 Å². The first-order valence-corrected chi connectivity index (χ1v) is 27.3. The van der Waals surface area contributed by atoms with Crippen LogP contribution in [0.4, 0.5) is 0 Å². The van der Waals surface area contributed by atoms with Crippen molar-refractivity contribution in [1.82, 2.24) is 62.1 Å². The first-order chi connectivity index (χ1) is 39.1. The third-order valence-electron chi connectivity index (χ3n) is 14.5. The average Bonchev–Trinajstić information content (AvgIpc) is 3.47. The summed E-state index contributed by atoms with van der Waals surface area (Å²) >= 11 is 0. The molecule has 1 atom stereocenters. The second kappa shape index (κ2) is 29.7. The Balaban J connectivity index is 1.33. The van der Waals surface area contributed by atoms with Gasteiger partial charge in [0.05, 0.1) is 44.5 Å². The Morgan fingerprint density at radius 3 is 0.827 bits per heavy atom. The standard InChI is InChI=1S/C56H73N13O12/c57-16-2-1-7-36-35-68-29-21-62-53(78)41-12-3-8-37(45(41)70)49(74)58-17-25-66(26-18-59-50(75)38-9-4-13-42(46(38)71)54(79)63-22-30-68)33-34-67-27-19-60-51(76)39-10-5-14-43(47(39)72)55(80)64-23-31-69(36)32-24-65-56(81)44-15-6-11-40(48(44)73)52(77)61-20-28-67/h3-6,8-15,36,70-73H,1-2,7,16-35,57H2,(H,58,74)(H,59,75)(H,60,76)(H,61,77)(H,62,78)(H,63,79)(H,64,80)(H,65,81). The normalized spacial score (nSPS) is 22.2. The van der Waals surface area contributed by atoms with Gasteiger partial charge in [-0.05, 0) is 67.9 Å². The summed E-state index contributed by atoms with van der Waals surface area (Å²) in [6.07, 6.45) is 1.78. The fourth-order valence-corrected chi connectivity index (χ4v) is 9.93. The lowest BCUT2D eigenvalue weighted by molar-refractivity contribution is 0.0884. The zero-order chi connectivity index (χ0) is 57.8. The predicted molar refractivity (Wildman–Crippen MR) is 299 cm³/mol. The van der Waals surface area contributed by atoms with Gasteiger partial charge in [-0.3, -0.25) is 58.0 Å². The monoisotopic (exact) mass is 1120 g/mol. The van der Waals surface area contributed by atoms with Gasteiger partial charge in [-0.25, -0.2) is 0 Å². The zero-order valence-corrected chi connectivity index (χ0v) is 45.2. The van der Waals surface area contributed by atoms with E-state index in [2.05, 4.69) is 42.5 Å². The molecule has 12 bridgehead atoms. The highest BCUT2D eigenvalue weighted by Crippen LogP contribution is 2.26. The number of benzene rings is 4. The van der Waals surface area contributed by atoms with E-state index in [-0.39, 0.29) is 175 Å². The number of amides is 8. The number of rotatable bonds is 4. The third-order valence-corrected chi connectivity index (χ3v) is 14.5. The second-order valence-electron chi connectivity index (χ2n) is 19.8. The maximum Gasteiger partial charge on any atom is 0.255 e. The van der Waals surface area contributed by atoms with Crippen molar-refractivity contribution in [2.45, 2.75) is 25.3 Å². The molecule has 81 heavy (non-hydrogen) atoms. The second-order valence-corrected chi connectivity index (χ2v) is 19.8. The number of aromatic hydroxyl groups is 4. The predicted octanol–water partition coefficient (Wildman–Crippen LogP) is -0.806. The van der Waals surface area contributed by atoms with E-state index in [9.17, 15) is 58.8 Å². The largest absolute Gasteiger partial charge is 0.506 e. The highest BCUT2D eigenvalue weighted by atomic mass is 16.3. The quantitative estimate of drug-likeness (QED) is 0.111. The smallest absolute Gasteiger partial charge is 0.255 e. The van der Waals surface area contributed by atoms with Gasteiger partial charge in [0.2, 0.25) is 0 Å². The van der Waals surface area contributed by atoms with Gasteiger partial charge >= 0.3 is 0 Å². The zero-order valence-electron chi connectivity index (χ0n) is 45.2. The maximum atomic E-state index is 13.9. The summed E-state index contributed by atoms with van der Waals surface area (Å²) in [7, 11) is 0. The van der Waals surface area contributed by atoms with Crippen LogP contribution < -0.4 is 48.3 Å². The number of carbonyl (C=O) groups excluding carboxylic acids is 8. The molecular formula is C56H73N13O12. The Morgan fingerprint density at radius 2 is 0.580 bits per heavy atom. The minimum Gasteiger partial charge on any atom is -0.506 e. The van der Waals surface area contributed by atoms with E-state index >= 15 is 0 Å². The first kappa shape index (κ1) is 60.3. The molecule has 1 unspecified atom stereocenters. The number of fused-ring (bicyclic) bond motifs is 20. The van der Waals surface area contributed by atoms with Crippen molar-refractivity contribution >= 4 is 47.3 Å². The molecule has 4 aromatic rings. The molecule has 0 fully saturated rings. The minimum absolute atomic E-state index is 0.00845. The summed E-state index contributed by atoms with van der Waals surface area (Å²) in [4.78, 5) is 118. The fraction of sp³-hybridized carbons (Fsp3) is 0.429. The number of phenols is 4. The van der Waals surface area contributed by atoms with Gasteiger partial charge in [0, 0.05) is 130 Å². The Kier molecular flexibility index (Phi) is 22.1. The van der Waals surface area contributed by atoms with Crippen LogP contribution in [-0.4, -0.2) is 224 Å². The molecule has 0 saturated carbocycles. The van der Waals surface area contributed by atoms with Crippen LogP contribution in [0, 0.1) is 0 Å². The Bertz CT molecular complexity index is 2750. The van der Waals surface area contributed by atoms with Crippen molar-refractivity contribution in [1.29, 1.82) is 0 Å². The van der Waals surface area contributed by atoms with Gasteiger partial charge in [0.15, 0.2) is 0 Å². The summed E-state index contributed by atoms with van der Waals surface area (Å²) in [6.45, 7) is 2.66. The van der Waals surface area contributed by atoms with E-state index in [1.165, 1.54) is 72.8 Å². The van der Waals surface area contributed by atoms with Crippen LogP contribution in [0.15, 0.2) is 72.8 Å². The number of unbranched alkanes of at least 4 members (excludes halogenated alkanes) is 1. The first-order valence-electron chi connectivity index (χ1n) is 27.3. The molecule has 7 rings (SSSR count). The van der Waals surface area contributed by atoms with Gasteiger partial charge in [-0.1, -0.05) is 30.7 Å². The SMILES string of the molecule is NCCCCC1CN2CCNC(=O)c3cccc(c3O)C(=O)NCCN(CCNC(=O)c3cccc(c3O)C(=O)NCC2)CCN2CCNC(=O)c3cccc(c3O)C(=O)NCCN1CCNC(=O)c1cccc(c1O)C(=O)NCC2. The molecule has 8 amide bonds. The summed E-state index contributed by atoms with van der Waals surface area (Å²) in [5.41, 5.74) is 4.86. The Labute approximate surface area is 469 Å². The lowest BCUT2D eigenvalue weighted by Gasteiger charge is -2.36. The van der Waals surface area contributed by atoms with Crippen molar-refractivity contribution in [3.8, 4) is 23.0 Å². The number of phenolic OH excluding ortho intramolecular Hbond substituents is 4. The van der Waals surface area contributed by atoms with E-state index < -0.39 is 70.3 Å². The number of nitrogens with zero attached hydrogens (tertiary/aromatic N) is 4. The van der Waals surface area contributed by atoms with Crippen LogP contribution in [0.1, 0.15) is 102 Å². The summed E-state index contributed by atoms with van der Waals surface area (Å²) in [6, 6.07) is 16.7. The van der Waals surface area contributed by atoms with Crippen LogP contribution >= 0.6 is 0 Å². The van der Waals surface area contributed by atoms with E-state index in [4.69, 9.17) is 5.73 Å². The molecule has 0 aromatic heterocycles. The number of hydrogen-bond donors (Lipinski definition) is 13. The van der Waals surface area contributed by atoms with Crippen molar-refractivity contribution in [2.75, 3.05) is 131 Å². The lowest BCUT2D eigenvalue weighted by atomic mass is 10.1. The number of para-hydroxylation sites is 4. The molecule has 434 valence electrons. The highest BCUT2D eigenvalue weighted by molar-refractivity contribution is 6.06. The van der Waals surface area contributed by atoms with E-state index in [0.717, 1.165) is 0 Å². The van der Waals surface area contributed by atoms with E-state index in [1.54, 1.807) is 0 Å². The van der Waals surface area contributed by atoms with Gasteiger partial charge in [0.25, 0.3) is 47.3 Å². The molecule has 3 aliphatic rings. The topological polar surface area (TPSA) is 353 Å². The third kappa shape index (κ3) is 16.4. The molecule has 3 aliphatic heterocycles. The molecule has 0 saturated heterocycles. The Hall–Kier alpha value is -8.36. The molecule has 3 heterocycles. The molecule has 4 aromatic carbocycles. The van der Waals surface area contributed by atoms with Gasteiger partial charge in [0.1, 0.15) is 23.0 Å². The van der Waals surface area contributed by atoms with Crippen LogP contribution in [-0.2, 0) is 0 Å². The van der Waals surface area contributed by atoms with Gasteiger partial charge in [-0.2, -0.15) is 0 Å². The fourth-order valence-electron chi connectivity index (χ4n) is 9.93. The number of nitrogens with two attached hydrogens (primary N) is 1. The summed E-state index contributed by atoms with van der Waals surface area (Å²) in [5, 5.41) is 68.3. The molecule has 14 N–H and O–H groups in total. The van der Waals surface area contributed by atoms with Crippen molar-refractivity contribution in [3.63, 3.8) is 0 Å². The van der Waals surface area contributed by atoms with E-state index in [0.29, 0.717) is 25.8 Å². The Morgan fingerprint density at radius 1 is 0.346 bits per heavy atom. The molecule has 0 aliphatic carbocycles. The molecule has 0 spiro atoms. The number of hydrogen-bond acceptors (Lipinski definition) is 17. The minimum atomic E-state index is -0.655. The van der Waals surface area contributed by atoms with Crippen molar-refractivity contribution in [3.05, 3.63) is 117 Å². The lowest BCUT2D eigenvalue weighted by Crippen LogP contribution is -2.51. The van der Waals surface area contributed by atoms with Crippen LogP contribution in [0.25, 0.3) is 0 Å². The maximum absolute atomic E-state index is 13.9. The average molecular weight is 1120 g/mol.